The highest BCUT2D eigenvalue weighted by Gasteiger charge is 2.20. The summed E-state index contributed by atoms with van der Waals surface area (Å²) in [5.74, 6) is 0.694. The summed E-state index contributed by atoms with van der Waals surface area (Å²) in [6, 6.07) is 0. The van der Waals surface area contributed by atoms with Crippen molar-refractivity contribution in [3.8, 4) is 0 Å². The van der Waals surface area contributed by atoms with Gasteiger partial charge in [-0.2, -0.15) is 0 Å². The second-order valence-electron chi connectivity index (χ2n) is 2.79. The Hall–Kier alpha value is -1.10. The van der Waals surface area contributed by atoms with Crippen molar-refractivity contribution in [2.24, 2.45) is 4.99 Å². The molecule has 0 aliphatic carbocycles. The normalized spacial score (nSPS) is 23.8. The highest BCUT2D eigenvalue weighted by atomic mass is 16.5. The first-order chi connectivity index (χ1) is 5.86. The lowest BCUT2D eigenvalue weighted by Gasteiger charge is -2.27. The number of carbonyl (C=O) groups is 1. The second kappa shape index (κ2) is 3.10. The molecule has 0 aromatic heterocycles. The summed E-state index contributed by atoms with van der Waals surface area (Å²) in [6.45, 7) is 3.34. The molecular weight excluding hydrogens is 158 g/mol. The standard InChI is InChI=1S/C7H11N3O2/c11-6-5-8-7(9-6)10-1-3-12-4-2-10/h1-5H2,(H,8,9,11). The monoisotopic (exact) mass is 169 g/mol. The van der Waals surface area contributed by atoms with Crippen molar-refractivity contribution in [3.05, 3.63) is 0 Å². The van der Waals surface area contributed by atoms with Crippen LogP contribution in [0.25, 0.3) is 0 Å². The molecule has 0 radical (unpaired) electrons. The number of ether oxygens (including phenoxy) is 1. The van der Waals surface area contributed by atoms with E-state index in [1.165, 1.54) is 0 Å². The molecule has 2 aliphatic rings. The Labute approximate surface area is 70.4 Å². The van der Waals surface area contributed by atoms with Crippen molar-refractivity contribution in [1.82, 2.24) is 10.2 Å². The summed E-state index contributed by atoms with van der Waals surface area (Å²) in [4.78, 5) is 16.9. The van der Waals surface area contributed by atoms with Crippen LogP contribution < -0.4 is 5.32 Å². The van der Waals surface area contributed by atoms with E-state index in [9.17, 15) is 4.79 Å². The predicted octanol–water partition coefficient (Wildman–Crippen LogP) is -1.20. The van der Waals surface area contributed by atoms with Crippen LogP contribution in [0, 0.1) is 0 Å². The zero-order valence-corrected chi connectivity index (χ0v) is 6.75. The number of nitrogens with zero attached hydrogens (tertiary/aromatic N) is 2. The van der Waals surface area contributed by atoms with Crippen LogP contribution in [0.1, 0.15) is 0 Å². The van der Waals surface area contributed by atoms with Gasteiger partial charge in [-0.15, -0.1) is 0 Å². The molecule has 1 fully saturated rings. The summed E-state index contributed by atoms with van der Waals surface area (Å²) in [7, 11) is 0. The number of nitrogens with one attached hydrogen (secondary N) is 1. The van der Waals surface area contributed by atoms with Gasteiger partial charge in [0.15, 0.2) is 0 Å². The second-order valence-corrected chi connectivity index (χ2v) is 2.79. The van der Waals surface area contributed by atoms with Gasteiger partial charge in [-0.25, -0.2) is 4.99 Å². The van der Waals surface area contributed by atoms with E-state index >= 15 is 0 Å². The third kappa shape index (κ3) is 1.40. The lowest BCUT2D eigenvalue weighted by Crippen LogP contribution is -2.46. The number of carbonyl (C=O) groups excluding carboxylic acids is 1. The molecule has 0 spiro atoms. The average molecular weight is 169 g/mol. The van der Waals surface area contributed by atoms with E-state index in [2.05, 4.69) is 10.3 Å². The number of hydrogen-bond donors (Lipinski definition) is 1. The Morgan fingerprint density at radius 2 is 2.17 bits per heavy atom. The molecule has 2 rings (SSSR count). The zero-order valence-electron chi connectivity index (χ0n) is 6.75. The molecule has 1 N–H and O–H groups in total. The van der Waals surface area contributed by atoms with Crippen LogP contribution in [0.4, 0.5) is 0 Å². The quantitative estimate of drug-likeness (QED) is 0.496. The minimum Gasteiger partial charge on any atom is -0.378 e. The summed E-state index contributed by atoms with van der Waals surface area (Å²) in [5, 5.41) is 2.70. The van der Waals surface area contributed by atoms with Gasteiger partial charge in [0.2, 0.25) is 11.9 Å². The number of rotatable bonds is 0. The lowest BCUT2D eigenvalue weighted by molar-refractivity contribution is -0.117. The molecular formula is C7H11N3O2. The van der Waals surface area contributed by atoms with Crippen LogP contribution in [0.2, 0.25) is 0 Å². The number of morpholine rings is 1. The molecule has 66 valence electrons. The molecule has 12 heavy (non-hydrogen) atoms. The smallest absolute Gasteiger partial charge is 0.248 e. The van der Waals surface area contributed by atoms with Gasteiger partial charge in [-0.3, -0.25) is 10.1 Å². The summed E-state index contributed by atoms with van der Waals surface area (Å²) >= 11 is 0. The molecule has 5 heteroatoms. The van der Waals surface area contributed by atoms with E-state index in [1.807, 2.05) is 4.90 Å². The van der Waals surface area contributed by atoms with Gasteiger partial charge in [0.1, 0.15) is 6.54 Å². The Kier molecular flexibility index (Phi) is 1.95. The van der Waals surface area contributed by atoms with Gasteiger partial charge < -0.3 is 9.64 Å². The number of hydrogen-bond acceptors (Lipinski definition) is 4. The van der Waals surface area contributed by atoms with E-state index in [1.54, 1.807) is 0 Å². The van der Waals surface area contributed by atoms with Crippen LogP contribution in [0.15, 0.2) is 4.99 Å². The Bertz CT molecular complexity index is 221. The number of amides is 1. The third-order valence-electron chi connectivity index (χ3n) is 1.93. The van der Waals surface area contributed by atoms with Crippen molar-refractivity contribution < 1.29 is 9.53 Å². The largest absolute Gasteiger partial charge is 0.378 e. The number of guanidine groups is 1. The fourth-order valence-electron chi connectivity index (χ4n) is 1.30. The average Bonchev–Trinajstić information content (AvgIpc) is 2.54. The van der Waals surface area contributed by atoms with Gasteiger partial charge >= 0.3 is 0 Å². The van der Waals surface area contributed by atoms with E-state index < -0.39 is 0 Å². The first kappa shape index (κ1) is 7.54. The summed E-state index contributed by atoms with van der Waals surface area (Å²) < 4.78 is 5.18. The Balaban J connectivity index is 1.95. The summed E-state index contributed by atoms with van der Waals surface area (Å²) in [5.41, 5.74) is 0. The first-order valence-corrected chi connectivity index (χ1v) is 4.03. The fraction of sp³-hybridized carbons (Fsp3) is 0.714. The van der Waals surface area contributed by atoms with E-state index in [4.69, 9.17) is 4.74 Å². The number of aliphatic imine (C=N–C) groups is 1. The van der Waals surface area contributed by atoms with Crippen molar-refractivity contribution in [3.63, 3.8) is 0 Å². The SMILES string of the molecule is O=C1CN=C(N2CCOCC2)N1. The molecule has 0 atom stereocenters. The van der Waals surface area contributed by atoms with E-state index in [0.29, 0.717) is 5.96 Å². The lowest BCUT2D eigenvalue weighted by atomic mass is 10.4. The third-order valence-corrected chi connectivity index (χ3v) is 1.93. The minimum atomic E-state index is -0.0171. The van der Waals surface area contributed by atoms with Crippen LogP contribution in [0.5, 0.6) is 0 Å². The van der Waals surface area contributed by atoms with Crippen molar-refractivity contribution in [2.75, 3.05) is 32.8 Å². The molecule has 5 nitrogen and oxygen atoms in total. The van der Waals surface area contributed by atoms with E-state index in [-0.39, 0.29) is 12.5 Å². The molecule has 0 unspecified atom stereocenters. The molecule has 2 aliphatic heterocycles. The van der Waals surface area contributed by atoms with Crippen LogP contribution in [-0.4, -0.2) is 49.6 Å². The van der Waals surface area contributed by atoms with Gasteiger partial charge in [-0.05, 0) is 0 Å². The maximum atomic E-state index is 10.8. The van der Waals surface area contributed by atoms with Crippen LogP contribution in [-0.2, 0) is 9.53 Å². The van der Waals surface area contributed by atoms with Crippen molar-refractivity contribution in [2.45, 2.75) is 0 Å². The Morgan fingerprint density at radius 3 is 2.75 bits per heavy atom. The molecule has 0 aromatic carbocycles. The first-order valence-electron chi connectivity index (χ1n) is 4.03. The van der Waals surface area contributed by atoms with Crippen LogP contribution >= 0.6 is 0 Å². The van der Waals surface area contributed by atoms with Gasteiger partial charge in [-0.1, -0.05) is 0 Å². The maximum absolute atomic E-state index is 10.8. The zero-order chi connectivity index (χ0) is 8.39. The minimum absolute atomic E-state index is 0.0171. The summed E-state index contributed by atoms with van der Waals surface area (Å²) in [6.07, 6.45) is 0. The molecule has 0 aromatic rings. The Morgan fingerprint density at radius 1 is 1.42 bits per heavy atom. The molecule has 0 bridgehead atoms. The van der Waals surface area contributed by atoms with Crippen molar-refractivity contribution in [1.29, 1.82) is 0 Å². The predicted molar refractivity (Wildman–Crippen MR) is 42.8 cm³/mol. The molecule has 1 amide bonds. The van der Waals surface area contributed by atoms with Crippen LogP contribution in [0.3, 0.4) is 0 Å². The molecule has 1 saturated heterocycles. The highest BCUT2D eigenvalue weighted by Crippen LogP contribution is 2.00. The van der Waals surface area contributed by atoms with Gasteiger partial charge in [0, 0.05) is 13.1 Å². The van der Waals surface area contributed by atoms with Gasteiger partial charge in [0.25, 0.3) is 0 Å². The van der Waals surface area contributed by atoms with E-state index in [0.717, 1.165) is 26.3 Å². The maximum Gasteiger partial charge on any atom is 0.248 e. The van der Waals surface area contributed by atoms with Crippen molar-refractivity contribution >= 4 is 11.9 Å². The molecule has 2 heterocycles. The highest BCUT2D eigenvalue weighted by molar-refractivity contribution is 6.02. The topological polar surface area (TPSA) is 53.9 Å². The molecule has 0 saturated carbocycles. The van der Waals surface area contributed by atoms with Gasteiger partial charge in [0.05, 0.1) is 13.2 Å². The fourth-order valence-corrected chi connectivity index (χ4v) is 1.30.